The van der Waals surface area contributed by atoms with Crippen LogP contribution in [0.1, 0.15) is 39.4 Å². The summed E-state index contributed by atoms with van der Waals surface area (Å²) in [5.74, 6) is 2.99. The molecule has 1 aliphatic rings. The Bertz CT molecular complexity index is 448. The zero-order chi connectivity index (χ0) is 14.8. The van der Waals surface area contributed by atoms with Gasteiger partial charge in [0.25, 0.3) is 0 Å². The number of methoxy groups -OCH3 is 1. The molecule has 0 unspecified atom stereocenters. The number of rotatable bonds is 3. The smallest absolute Gasteiger partial charge is 0.138 e. The third-order valence-electron chi connectivity index (χ3n) is 3.74. The first-order valence-corrected chi connectivity index (χ1v) is 7.29. The minimum atomic E-state index is -0.0848. The van der Waals surface area contributed by atoms with Crippen LogP contribution < -0.4 is 10.6 Å². The van der Waals surface area contributed by atoms with Crippen molar-refractivity contribution in [1.82, 2.24) is 9.97 Å². The molecule has 0 bridgehead atoms. The Balaban J connectivity index is 2.12. The lowest BCUT2D eigenvalue weighted by Gasteiger charge is -2.33. The Hall–Kier alpha value is -1.36. The number of piperidine rings is 1. The lowest BCUT2D eigenvalue weighted by Crippen LogP contribution is -2.36. The molecule has 2 heterocycles. The highest BCUT2D eigenvalue weighted by Crippen LogP contribution is 2.26. The first-order valence-electron chi connectivity index (χ1n) is 7.29. The molecule has 1 saturated heterocycles. The van der Waals surface area contributed by atoms with E-state index in [0.29, 0.717) is 11.7 Å². The largest absolute Gasteiger partial charge is 0.384 e. The lowest BCUT2D eigenvalue weighted by atomic mass is 9.95. The zero-order valence-corrected chi connectivity index (χ0v) is 13.0. The monoisotopic (exact) mass is 278 g/mol. The average molecular weight is 278 g/mol. The van der Waals surface area contributed by atoms with Gasteiger partial charge in [0.05, 0.1) is 0 Å². The van der Waals surface area contributed by atoms with E-state index in [1.54, 1.807) is 7.11 Å². The number of nitrogens with zero attached hydrogens (tertiary/aromatic N) is 3. The predicted octanol–water partition coefficient (Wildman–Crippen LogP) is 2.22. The molecule has 1 aliphatic heterocycles. The fraction of sp³-hybridized carbons (Fsp3) is 0.733. The summed E-state index contributed by atoms with van der Waals surface area (Å²) < 4.78 is 5.24. The molecule has 0 radical (unpaired) electrons. The van der Waals surface area contributed by atoms with Gasteiger partial charge in [-0.2, -0.15) is 0 Å². The van der Waals surface area contributed by atoms with Gasteiger partial charge in [0, 0.05) is 38.3 Å². The Labute approximate surface area is 121 Å². The summed E-state index contributed by atoms with van der Waals surface area (Å²) in [5.41, 5.74) is 5.86. The summed E-state index contributed by atoms with van der Waals surface area (Å²) in [6.07, 6.45) is 2.28. The van der Waals surface area contributed by atoms with Crippen molar-refractivity contribution in [1.29, 1.82) is 0 Å². The van der Waals surface area contributed by atoms with E-state index in [1.807, 2.05) is 6.07 Å². The Morgan fingerprint density at radius 3 is 2.50 bits per heavy atom. The Morgan fingerprint density at radius 2 is 1.95 bits per heavy atom. The number of nitrogen functional groups attached to an aromatic ring is 1. The third-order valence-corrected chi connectivity index (χ3v) is 3.74. The zero-order valence-electron chi connectivity index (χ0n) is 13.0. The van der Waals surface area contributed by atoms with Crippen molar-refractivity contribution >= 4 is 11.6 Å². The van der Waals surface area contributed by atoms with Crippen LogP contribution in [0.3, 0.4) is 0 Å². The molecule has 20 heavy (non-hydrogen) atoms. The molecule has 0 amide bonds. The molecular formula is C15H26N4O. The van der Waals surface area contributed by atoms with E-state index in [2.05, 4.69) is 30.7 Å². The Morgan fingerprint density at radius 1 is 1.30 bits per heavy atom. The van der Waals surface area contributed by atoms with Crippen molar-refractivity contribution in [3.63, 3.8) is 0 Å². The minimum absolute atomic E-state index is 0.0848. The van der Waals surface area contributed by atoms with E-state index in [-0.39, 0.29) is 5.41 Å². The molecule has 1 aromatic rings. The van der Waals surface area contributed by atoms with E-state index < -0.39 is 0 Å². The van der Waals surface area contributed by atoms with Crippen LogP contribution in [0.25, 0.3) is 0 Å². The van der Waals surface area contributed by atoms with Crippen LogP contribution in [0.4, 0.5) is 11.6 Å². The highest BCUT2D eigenvalue weighted by atomic mass is 16.5. The molecule has 0 spiro atoms. The van der Waals surface area contributed by atoms with Crippen molar-refractivity contribution in [2.45, 2.75) is 39.0 Å². The molecule has 0 atom stereocenters. The van der Waals surface area contributed by atoms with Crippen LogP contribution in [0.2, 0.25) is 0 Å². The van der Waals surface area contributed by atoms with Gasteiger partial charge in [-0.3, -0.25) is 0 Å². The van der Waals surface area contributed by atoms with Gasteiger partial charge in [-0.1, -0.05) is 20.8 Å². The summed E-state index contributed by atoms with van der Waals surface area (Å²) >= 11 is 0. The third kappa shape index (κ3) is 3.60. The van der Waals surface area contributed by atoms with Gasteiger partial charge in [0.1, 0.15) is 17.5 Å². The quantitative estimate of drug-likeness (QED) is 0.918. The van der Waals surface area contributed by atoms with Gasteiger partial charge in [0.2, 0.25) is 0 Å². The number of ether oxygens (including phenoxy) is 1. The van der Waals surface area contributed by atoms with Gasteiger partial charge in [-0.15, -0.1) is 0 Å². The molecule has 5 nitrogen and oxygen atoms in total. The van der Waals surface area contributed by atoms with Gasteiger partial charge in [-0.05, 0) is 18.8 Å². The van der Waals surface area contributed by atoms with Gasteiger partial charge in [0.15, 0.2) is 0 Å². The summed E-state index contributed by atoms with van der Waals surface area (Å²) in [7, 11) is 1.77. The number of anilines is 2. The second kappa shape index (κ2) is 5.95. The summed E-state index contributed by atoms with van der Waals surface area (Å²) in [6.45, 7) is 9.19. The molecule has 0 aliphatic carbocycles. The maximum absolute atomic E-state index is 5.94. The number of nitrogens with two attached hydrogens (primary N) is 1. The molecular weight excluding hydrogens is 252 g/mol. The van der Waals surface area contributed by atoms with E-state index >= 15 is 0 Å². The van der Waals surface area contributed by atoms with Crippen LogP contribution in [0.5, 0.6) is 0 Å². The number of aromatic nitrogens is 2. The van der Waals surface area contributed by atoms with Crippen molar-refractivity contribution in [3.8, 4) is 0 Å². The maximum atomic E-state index is 5.94. The summed E-state index contributed by atoms with van der Waals surface area (Å²) in [6, 6.07) is 1.88. The Kier molecular flexibility index (Phi) is 4.48. The fourth-order valence-corrected chi connectivity index (χ4v) is 2.51. The van der Waals surface area contributed by atoms with Crippen LogP contribution in [-0.2, 0) is 10.2 Å². The first-order chi connectivity index (χ1) is 9.40. The van der Waals surface area contributed by atoms with Crippen LogP contribution in [0, 0.1) is 5.92 Å². The fourth-order valence-electron chi connectivity index (χ4n) is 2.51. The minimum Gasteiger partial charge on any atom is -0.384 e. The van der Waals surface area contributed by atoms with E-state index in [4.69, 9.17) is 15.5 Å². The van der Waals surface area contributed by atoms with E-state index in [9.17, 15) is 0 Å². The van der Waals surface area contributed by atoms with Crippen molar-refractivity contribution in [3.05, 3.63) is 11.9 Å². The van der Waals surface area contributed by atoms with Crippen molar-refractivity contribution < 1.29 is 4.74 Å². The van der Waals surface area contributed by atoms with Crippen LogP contribution in [-0.4, -0.2) is 36.8 Å². The summed E-state index contributed by atoms with van der Waals surface area (Å²) in [4.78, 5) is 11.4. The molecule has 0 aromatic carbocycles. The van der Waals surface area contributed by atoms with E-state index in [0.717, 1.165) is 44.2 Å². The normalized spacial score (nSPS) is 17.5. The van der Waals surface area contributed by atoms with Crippen molar-refractivity contribution in [2.24, 2.45) is 5.92 Å². The van der Waals surface area contributed by atoms with Crippen molar-refractivity contribution in [2.75, 3.05) is 37.4 Å². The highest BCUT2D eigenvalue weighted by molar-refractivity contribution is 5.47. The van der Waals surface area contributed by atoms with Gasteiger partial charge in [-0.25, -0.2) is 9.97 Å². The van der Waals surface area contributed by atoms with Gasteiger partial charge >= 0.3 is 0 Å². The molecule has 2 rings (SSSR count). The average Bonchev–Trinajstić information content (AvgIpc) is 2.38. The topological polar surface area (TPSA) is 64.3 Å². The molecule has 1 fully saturated rings. The van der Waals surface area contributed by atoms with Crippen LogP contribution >= 0.6 is 0 Å². The molecule has 0 saturated carbocycles. The highest BCUT2D eigenvalue weighted by Gasteiger charge is 2.23. The number of hydrogen-bond donors (Lipinski definition) is 1. The predicted molar refractivity (Wildman–Crippen MR) is 82.0 cm³/mol. The molecule has 2 N–H and O–H groups in total. The van der Waals surface area contributed by atoms with Crippen LogP contribution in [0.15, 0.2) is 6.07 Å². The maximum Gasteiger partial charge on any atom is 0.138 e. The molecule has 1 aromatic heterocycles. The van der Waals surface area contributed by atoms with Gasteiger partial charge < -0.3 is 15.4 Å². The molecule has 112 valence electrons. The number of hydrogen-bond acceptors (Lipinski definition) is 5. The second-order valence-electron chi connectivity index (χ2n) is 6.61. The SMILES string of the molecule is COCC1CCN(c2cc(N)nc(C(C)(C)C)n2)CC1. The van der Waals surface area contributed by atoms with E-state index in [1.165, 1.54) is 0 Å². The molecule has 5 heteroatoms. The first kappa shape index (κ1) is 15.0. The second-order valence-corrected chi connectivity index (χ2v) is 6.61. The lowest BCUT2D eigenvalue weighted by molar-refractivity contribution is 0.139. The summed E-state index contributed by atoms with van der Waals surface area (Å²) in [5, 5.41) is 0. The standard InChI is InChI=1S/C15H26N4O/c1-15(2,3)14-17-12(16)9-13(18-14)19-7-5-11(6-8-19)10-20-4/h9,11H,5-8,10H2,1-4H3,(H2,16,17,18).